The molecule has 3 amide bonds. The molecule has 148 valence electrons. The van der Waals surface area contributed by atoms with Crippen LogP contribution in [0.4, 0.5) is 10.5 Å². The molecule has 27 heavy (non-hydrogen) atoms. The van der Waals surface area contributed by atoms with Crippen molar-refractivity contribution < 1.29 is 19.1 Å². The number of hydrogen-bond acceptors (Lipinski definition) is 5. The summed E-state index contributed by atoms with van der Waals surface area (Å²) in [6.45, 7) is 8.44. The SMILES string of the molecule is CCOc1ccc(N2CCN(CC(=O)NCCN3CCOCC3)C2=O)cc1. The van der Waals surface area contributed by atoms with Gasteiger partial charge in [0, 0.05) is 45.0 Å². The lowest BCUT2D eigenvalue weighted by Gasteiger charge is -2.26. The predicted octanol–water partition coefficient (Wildman–Crippen LogP) is 0.776. The number of morpholine rings is 1. The molecule has 2 saturated heterocycles. The van der Waals surface area contributed by atoms with Crippen LogP contribution in [-0.4, -0.2) is 87.4 Å². The van der Waals surface area contributed by atoms with E-state index in [2.05, 4.69) is 10.2 Å². The molecule has 2 fully saturated rings. The summed E-state index contributed by atoms with van der Waals surface area (Å²) in [5, 5.41) is 2.90. The third kappa shape index (κ3) is 5.33. The largest absolute Gasteiger partial charge is 0.494 e. The number of carbonyl (C=O) groups excluding carboxylic acids is 2. The minimum Gasteiger partial charge on any atom is -0.494 e. The lowest BCUT2D eigenvalue weighted by molar-refractivity contribution is -0.121. The molecule has 0 saturated carbocycles. The summed E-state index contributed by atoms with van der Waals surface area (Å²) in [4.78, 5) is 30.3. The van der Waals surface area contributed by atoms with E-state index >= 15 is 0 Å². The monoisotopic (exact) mass is 376 g/mol. The van der Waals surface area contributed by atoms with Gasteiger partial charge in [0.05, 0.1) is 19.8 Å². The first-order valence-electron chi connectivity index (χ1n) is 9.53. The van der Waals surface area contributed by atoms with Crippen molar-refractivity contribution in [1.29, 1.82) is 0 Å². The third-order valence-corrected chi connectivity index (χ3v) is 4.74. The summed E-state index contributed by atoms with van der Waals surface area (Å²) in [7, 11) is 0. The van der Waals surface area contributed by atoms with Crippen LogP contribution in [0.2, 0.25) is 0 Å². The van der Waals surface area contributed by atoms with Crippen LogP contribution in [0.3, 0.4) is 0 Å². The van der Waals surface area contributed by atoms with E-state index in [9.17, 15) is 9.59 Å². The molecule has 2 heterocycles. The van der Waals surface area contributed by atoms with Gasteiger partial charge in [-0.05, 0) is 31.2 Å². The molecule has 0 aliphatic carbocycles. The van der Waals surface area contributed by atoms with Crippen LogP contribution < -0.4 is 15.0 Å². The number of anilines is 1. The fraction of sp³-hybridized carbons (Fsp3) is 0.579. The summed E-state index contributed by atoms with van der Waals surface area (Å²) in [5.74, 6) is 0.662. The molecule has 0 spiro atoms. The summed E-state index contributed by atoms with van der Waals surface area (Å²) in [5.41, 5.74) is 0.818. The van der Waals surface area contributed by atoms with Gasteiger partial charge in [0.25, 0.3) is 0 Å². The topological polar surface area (TPSA) is 74.3 Å². The zero-order chi connectivity index (χ0) is 19.1. The van der Waals surface area contributed by atoms with Crippen molar-refractivity contribution in [3.63, 3.8) is 0 Å². The molecule has 0 bridgehead atoms. The van der Waals surface area contributed by atoms with E-state index in [1.165, 1.54) is 0 Å². The van der Waals surface area contributed by atoms with Crippen molar-refractivity contribution in [3.8, 4) is 5.75 Å². The smallest absolute Gasteiger partial charge is 0.325 e. The van der Waals surface area contributed by atoms with Gasteiger partial charge in [-0.2, -0.15) is 0 Å². The molecule has 8 heteroatoms. The average molecular weight is 376 g/mol. The van der Waals surface area contributed by atoms with Crippen molar-refractivity contribution in [2.24, 2.45) is 0 Å². The Bertz CT molecular complexity index is 631. The number of urea groups is 1. The number of carbonyl (C=O) groups is 2. The lowest BCUT2D eigenvalue weighted by atomic mass is 10.3. The van der Waals surface area contributed by atoms with Gasteiger partial charge in [-0.1, -0.05) is 0 Å². The first kappa shape index (κ1) is 19.4. The minimum absolute atomic E-state index is 0.0927. The maximum absolute atomic E-state index is 12.6. The van der Waals surface area contributed by atoms with E-state index < -0.39 is 0 Å². The molecule has 0 aromatic heterocycles. The van der Waals surface area contributed by atoms with Crippen LogP contribution in [0.15, 0.2) is 24.3 Å². The molecule has 0 radical (unpaired) electrons. The van der Waals surface area contributed by atoms with Crippen LogP contribution in [0.1, 0.15) is 6.92 Å². The van der Waals surface area contributed by atoms with E-state index in [1.54, 1.807) is 9.80 Å². The van der Waals surface area contributed by atoms with Gasteiger partial charge in [-0.3, -0.25) is 14.6 Å². The number of benzene rings is 1. The van der Waals surface area contributed by atoms with Gasteiger partial charge in [0.15, 0.2) is 0 Å². The third-order valence-electron chi connectivity index (χ3n) is 4.74. The highest BCUT2D eigenvalue weighted by atomic mass is 16.5. The molecular weight excluding hydrogens is 348 g/mol. The van der Waals surface area contributed by atoms with Gasteiger partial charge in [-0.15, -0.1) is 0 Å². The standard InChI is InChI=1S/C19H28N4O4/c1-2-27-17-5-3-16(4-6-17)23-10-9-22(19(23)25)15-18(24)20-7-8-21-11-13-26-14-12-21/h3-6H,2,7-15H2,1H3,(H,20,24). The van der Waals surface area contributed by atoms with E-state index in [1.807, 2.05) is 31.2 Å². The zero-order valence-corrected chi connectivity index (χ0v) is 15.9. The van der Waals surface area contributed by atoms with Crippen LogP contribution in [0.25, 0.3) is 0 Å². The van der Waals surface area contributed by atoms with Gasteiger partial charge in [0.1, 0.15) is 12.3 Å². The first-order chi connectivity index (χ1) is 13.2. The number of hydrogen-bond donors (Lipinski definition) is 1. The Kier molecular flexibility index (Phi) is 6.89. The summed E-state index contributed by atoms with van der Waals surface area (Å²) < 4.78 is 10.7. The molecule has 1 N–H and O–H groups in total. The summed E-state index contributed by atoms with van der Waals surface area (Å²) in [6, 6.07) is 7.31. The summed E-state index contributed by atoms with van der Waals surface area (Å²) in [6.07, 6.45) is 0. The van der Waals surface area contributed by atoms with Crippen LogP contribution >= 0.6 is 0 Å². The normalized spacial score (nSPS) is 18.0. The van der Waals surface area contributed by atoms with E-state index in [4.69, 9.17) is 9.47 Å². The number of nitrogens with one attached hydrogen (secondary N) is 1. The fourth-order valence-electron chi connectivity index (χ4n) is 3.27. The van der Waals surface area contributed by atoms with Crippen molar-refractivity contribution in [2.75, 3.05) is 70.5 Å². The van der Waals surface area contributed by atoms with E-state index in [-0.39, 0.29) is 18.5 Å². The lowest BCUT2D eigenvalue weighted by Crippen LogP contribution is -2.44. The molecule has 2 aliphatic heterocycles. The van der Waals surface area contributed by atoms with Crippen molar-refractivity contribution in [1.82, 2.24) is 15.1 Å². The number of amides is 3. The Morgan fingerprint density at radius 2 is 1.89 bits per heavy atom. The molecule has 1 aromatic rings. The summed E-state index contributed by atoms with van der Waals surface area (Å²) >= 11 is 0. The predicted molar refractivity (Wildman–Crippen MR) is 102 cm³/mol. The van der Waals surface area contributed by atoms with Gasteiger partial charge in [-0.25, -0.2) is 4.79 Å². The van der Waals surface area contributed by atoms with Gasteiger partial charge >= 0.3 is 6.03 Å². The second-order valence-electron chi connectivity index (χ2n) is 6.59. The molecular formula is C19H28N4O4. The first-order valence-corrected chi connectivity index (χ1v) is 9.53. The van der Waals surface area contributed by atoms with Crippen LogP contribution in [-0.2, 0) is 9.53 Å². The Morgan fingerprint density at radius 3 is 2.59 bits per heavy atom. The molecule has 8 nitrogen and oxygen atoms in total. The fourth-order valence-corrected chi connectivity index (χ4v) is 3.27. The maximum Gasteiger partial charge on any atom is 0.325 e. The quantitative estimate of drug-likeness (QED) is 0.726. The molecule has 0 atom stereocenters. The van der Waals surface area contributed by atoms with Gasteiger partial charge < -0.3 is 19.7 Å². The van der Waals surface area contributed by atoms with Crippen molar-refractivity contribution in [2.45, 2.75) is 6.92 Å². The Labute approximate surface area is 160 Å². The molecule has 1 aromatic carbocycles. The zero-order valence-electron chi connectivity index (χ0n) is 15.9. The number of nitrogens with zero attached hydrogens (tertiary/aromatic N) is 3. The highest BCUT2D eigenvalue weighted by Crippen LogP contribution is 2.23. The van der Waals surface area contributed by atoms with Crippen LogP contribution in [0.5, 0.6) is 5.75 Å². The van der Waals surface area contributed by atoms with E-state index in [0.717, 1.165) is 44.3 Å². The van der Waals surface area contributed by atoms with Gasteiger partial charge in [0.2, 0.25) is 5.91 Å². The minimum atomic E-state index is -0.137. The Morgan fingerprint density at radius 1 is 1.15 bits per heavy atom. The number of rotatable bonds is 8. The van der Waals surface area contributed by atoms with E-state index in [0.29, 0.717) is 26.2 Å². The highest BCUT2D eigenvalue weighted by molar-refractivity contribution is 5.96. The molecule has 3 rings (SSSR count). The van der Waals surface area contributed by atoms with Crippen molar-refractivity contribution in [3.05, 3.63) is 24.3 Å². The molecule has 0 unspecified atom stereocenters. The van der Waals surface area contributed by atoms with Crippen molar-refractivity contribution >= 4 is 17.6 Å². The molecule has 2 aliphatic rings. The Hall–Kier alpha value is -2.32. The second-order valence-corrected chi connectivity index (χ2v) is 6.59. The maximum atomic E-state index is 12.6. The second kappa shape index (κ2) is 9.57. The average Bonchev–Trinajstić information content (AvgIpc) is 3.04. The number of ether oxygens (including phenoxy) is 2. The Balaban J connectivity index is 1.43. The highest BCUT2D eigenvalue weighted by Gasteiger charge is 2.30. The van der Waals surface area contributed by atoms with Crippen LogP contribution in [0, 0.1) is 0 Å².